The Morgan fingerprint density at radius 1 is 1.09 bits per heavy atom. The van der Waals surface area contributed by atoms with Crippen molar-refractivity contribution < 1.29 is 13.2 Å². The summed E-state index contributed by atoms with van der Waals surface area (Å²) in [6, 6.07) is 13.4. The Morgan fingerprint density at radius 2 is 1.77 bits per heavy atom. The molecule has 0 radical (unpaired) electrons. The van der Waals surface area contributed by atoms with Crippen molar-refractivity contribution >= 4 is 38.9 Å². The number of halogens is 1. The molecule has 0 saturated heterocycles. The van der Waals surface area contributed by atoms with Gasteiger partial charge in [-0.1, -0.05) is 35.9 Å². The molecule has 0 aliphatic carbocycles. The van der Waals surface area contributed by atoms with Crippen molar-refractivity contribution in [1.82, 2.24) is 0 Å². The second kappa shape index (κ2) is 5.62. The van der Waals surface area contributed by atoms with Crippen molar-refractivity contribution in [2.75, 3.05) is 16.2 Å². The smallest absolute Gasteiger partial charge is 0.245 e. The highest BCUT2D eigenvalue weighted by atomic mass is 35.5. The van der Waals surface area contributed by atoms with Crippen LogP contribution >= 0.6 is 11.6 Å². The fourth-order valence-electron chi connectivity index (χ4n) is 2.32. The van der Waals surface area contributed by atoms with Crippen LogP contribution in [0.15, 0.2) is 48.5 Å². The number of benzene rings is 2. The van der Waals surface area contributed by atoms with Crippen LogP contribution in [0.4, 0.5) is 11.4 Å². The fraction of sp³-hybridized carbons (Fsp3) is 0.133. The van der Waals surface area contributed by atoms with E-state index in [1.54, 1.807) is 48.5 Å². The molecular weight excluding hydrogens is 324 g/mol. The van der Waals surface area contributed by atoms with E-state index in [4.69, 9.17) is 11.6 Å². The number of carbonyl (C=O) groups excluding carboxylic acids is 1. The lowest BCUT2D eigenvalue weighted by atomic mass is 10.2. The third-order valence-corrected chi connectivity index (χ3v) is 5.28. The molecule has 3 rings (SSSR count). The number of para-hydroxylation sites is 2. The predicted molar refractivity (Wildman–Crippen MR) is 86.5 cm³/mol. The molecule has 0 unspecified atom stereocenters. The van der Waals surface area contributed by atoms with Gasteiger partial charge in [-0.25, -0.2) is 8.42 Å². The summed E-state index contributed by atoms with van der Waals surface area (Å²) in [7, 11) is -3.67. The van der Waals surface area contributed by atoms with Gasteiger partial charge in [-0.2, -0.15) is 0 Å². The zero-order valence-corrected chi connectivity index (χ0v) is 13.1. The second-order valence-electron chi connectivity index (χ2n) is 4.95. The predicted octanol–water partition coefficient (Wildman–Crippen LogP) is 2.63. The van der Waals surface area contributed by atoms with Crippen molar-refractivity contribution in [3.8, 4) is 0 Å². The minimum absolute atomic E-state index is 0.189. The zero-order valence-electron chi connectivity index (χ0n) is 11.5. The number of carbonyl (C=O) groups is 1. The van der Waals surface area contributed by atoms with E-state index < -0.39 is 10.0 Å². The molecule has 1 amide bonds. The molecule has 114 valence electrons. The number of nitrogens with zero attached hydrogens (tertiary/aromatic N) is 1. The average Bonchev–Trinajstić information content (AvgIpc) is 2.48. The molecule has 0 aromatic heterocycles. The summed E-state index contributed by atoms with van der Waals surface area (Å²) >= 11 is 5.80. The molecule has 0 fully saturated rings. The van der Waals surface area contributed by atoms with Gasteiger partial charge in [0, 0.05) is 5.02 Å². The number of rotatable bonds is 3. The van der Waals surface area contributed by atoms with Gasteiger partial charge in [0.2, 0.25) is 15.9 Å². The van der Waals surface area contributed by atoms with Crippen molar-refractivity contribution in [2.45, 2.75) is 5.75 Å². The Balaban J connectivity index is 1.95. The highest BCUT2D eigenvalue weighted by molar-refractivity contribution is 7.92. The van der Waals surface area contributed by atoms with Gasteiger partial charge in [-0.15, -0.1) is 0 Å². The molecule has 0 saturated carbocycles. The third-order valence-electron chi connectivity index (χ3n) is 3.33. The van der Waals surface area contributed by atoms with E-state index in [0.29, 0.717) is 22.0 Å². The molecule has 1 aliphatic heterocycles. The van der Waals surface area contributed by atoms with E-state index in [9.17, 15) is 13.2 Å². The molecule has 2 aromatic carbocycles. The second-order valence-corrected chi connectivity index (χ2v) is 7.28. The maximum atomic E-state index is 12.7. The van der Waals surface area contributed by atoms with Crippen LogP contribution in [0.3, 0.4) is 0 Å². The molecule has 0 atom stereocenters. The van der Waals surface area contributed by atoms with Gasteiger partial charge in [-0.3, -0.25) is 9.10 Å². The standard InChI is InChI=1S/C15H13ClN2O3S/c16-12-7-5-11(6-8-12)10-22(20,21)18-9-15(19)17-13-3-1-2-4-14(13)18/h1-8H,9-10H2,(H,17,19). The molecule has 1 N–H and O–H groups in total. The lowest BCUT2D eigenvalue weighted by molar-refractivity contribution is -0.115. The number of sulfonamides is 1. The van der Waals surface area contributed by atoms with Gasteiger partial charge < -0.3 is 5.32 Å². The summed E-state index contributed by atoms with van der Waals surface area (Å²) in [5.74, 6) is -0.537. The molecule has 22 heavy (non-hydrogen) atoms. The molecule has 5 nitrogen and oxygen atoms in total. The minimum atomic E-state index is -3.67. The zero-order chi connectivity index (χ0) is 15.7. The fourth-order valence-corrected chi connectivity index (χ4v) is 3.99. The number of nitrogens with one attached hydrogen (secondary N) is 1. The molecule has 2 aromatic rings. The average molecular weight is 337 g/mol. The number of anilines is 2. The van der Waals surface area contributed by atoms with Gasteiger partial charge in [0.1, 0.15) is 6.54 Å². The van der Waals surface area contributed by atoms with Crippen LogP contribution in [0.25, 0.3) is 0 Å². The van der Waals surface area contributed by atoms with Crippen molar-refractivity contribution in [3.05, 3.63) is 59.1 Å². The van der Waals surface area contributed by atoms with Crippen LogP contribution in [0.1, 0.15) is 5.56 Å². The van der Waals surface area contributed by atoms with Crippen LogP contribution in [0, 0.1) is 0 Å². The number of hydrogen-bond acceptors (Lipinski definition) is 3. The Hall–Kier alpha value is -2.05. The van der Waals surface area contributed by atoms with Gasteiger partial charge in [-0.05, 0) is 29.8 Å². The SMILES string of the molecule is O=C1CN(S(=O)(=O)Cc2ccc(Cl)cc2)c2ccccc2N1. The number of fused-ring (bicyclic) bond motifs is 1. The Labute approximate surface area is 133 Å². The first-order valence-corrected chi connectivity index (χ1v) is 8.58. The van der Waals surface area contributed by atoms with Gasteiger partial charge in [0.25, 0.3) is 0 Å². The van der Waals surface area contributed by atoms with Crippen LogP contribution in [-0.2, 0) is 20.6 Å². The Kier molecular flexibility index (Phi) is 3.80. The monoisotopic (exact) mass is 336 g/mol. The Bertz CT molecular complexity index is 819. The van der Waals surface area contributed by atoms with Crippen LogP contribution in [0.2, 0.25) is 5.02 Å². The van der Waals surface area contributed by atoms with E-state index in [2.05, 4.69) is 5.32 Å². The van der Waals surface area contributed by atoms with Crippen molar-refractivity contribution in [3.63, 3.8) is 0 Å². The maximum Gasteiger partial charge on any atom is 0.245 e. The van der Waals surface area contributed by atoms with Crippen LogP contribution in [0.5, 0.6) is 0 Å². The highest BCUT2D eigenvalue weighted by Gasteiger charge is 2.30. The molecule has 1 heterocycles. The van der Waals surface area contributed by atoms with E-state index in [1.807, 2.05) is 0 Å². The quantitative estimate of drug-likeness (QED) is 0.937. The van der Waals surface area contributed by atoms with E-state index in [1.165, 1.54) is 0 Å². The van der Waals surface area contributed by atoms with Gasteiger partial charge in [0.05, 0.1) is 17.1 Å². The number of hydrogen-bond donors (Lipinski definition) is 1. The Morgan fingerprint density at radius 3 is 2.50 bits per heavy atom. The largest absolute Gasteiger partial charge is 0.323 e. The highest BCUT2D eigenvalue weighted by Crippen LogP contribution is 2.32. The summed E-state index contributed by atoms with van der Waals surface area (Å²) in [5, 5.41) is 3.22. The molecule has 0 bridgehead atoms. The van der Waals surface area contributed by atoms with Gasteiger partial charge in [0.15, 0.2) is 0 Å². The lowest BCUT2D eigenvalue weighted by Crippen LogP contribution is -2.42. The number of amides is 1. The lowest BCUT2D eigenvalue weighted by Gasteiger charge is -2.30. The first-order chi connectivity index (χ1) is 10.5. The topological polar surface area (TPSA) is 66.5 Å². The maximum absolute atomic E-state index is 12.7. The minimum Gasteiger partial charge on any atom is -0.323 e. The van der Waals surface area contributed by atoms with E-state index in [0.717, 1.165) is 4.31 Å². The normalized spacial score (nSPS) is 14.4. The summed E-state index contributed by atoms with van der Waals surface area (Å²) < 4.78 is 26.5. The molecule has 0 spiro atoms. The van der Waals surface area contributed by atoms with E-state index >= 15 is 0 Å². The summed E-state index contributed by atoms with van der Waals surface area (Å²) in [6.07, 6.45) is 0. The molecule has 1 aliphatic rings. The van der Waals surface area contributed by atoms with E-state index in [-0.39, 0.29) is 18.2 Å². The summed E-state index contributed by atoms with van der Waals surface area (Å²) in [4.78, 5) is 11.7. The summed E-state index contributed by atoms with van der Waals surface area (Å²) in [5.41, 5.74) is 1.60. The molecule has 7 heteroatoms. The van der Waals surface area contributed by atoms with Crippen LogP contribution < -0.4 is 9.62 Å². The summed E-state index contributed by atoms with van der Waals surface area (Å²) in [6.45, 7) is -0.215. The first-order valence-electron chi connectivity index (χ1n) is 6.59. The van der Waals surface area contributed by atoms with Crippen LogP contribution in [-0.4, -0.2) is 20.9 Å². The van der Waals surface area contributed by atoms with Crippen molar-refractivity contribution in [1.29, 1.82) is 0 Å². The third kappa shape index (κ3) is 2.93. The molecular formula is C15H13ClN2O3S. The van der Waals surface area contributed by atoms with Gasteiger partial charge >= 0.3 is 0 Å². The van der Waals surface area contributed by atoms with Crippen molar-refractivity contribution in [2.24, 2.45) is 0 Å². The first kappa shape index (κ1) is 14.9.